The summed E-state index contributed by atoms with van der Waals surface area (Å²) in [7, 11) is 0. The standard InChI is InChI=1S/C11H14O4/c12-4-1-5-13-9-2-3-10-11(8-9)15-7-6-14-10/h2-3,8,12H,1,4-7H2. The van der Waals surface area contributed by atoms with Crippen LogP contribution in [0.15, 0.2) is 18.2 Å². The maximum Gasteiger partial charge on any atom is 0.165 e. The Hall–Kier alpha value is -1.42. The Morgan fingerprint density at radius 1 is 1.20 bits per heavy atom. The summed E-state index contributed by atoms with van der Waals surface area (Å²) >= 11 is 0. The lowest BCUT2D eigenvalue weighted by Crippen LogP contribution is -2.15. The lowest BCUT2D eigenvalue weighted by atomic mass is 10.3. The van der Waals surface area contributed by atoms with Gasteiger partial charge in [-0.05, 0) is 12.1 Å². The Morgan fingerprint density at radius 3 is 2.80 bits per heavy atom. The molecule has 1 aliphatic heterocycles. The maximum absolute atomic E-state index is 8.61. The molecule has 0 spiro atoms. The van der Waals surface area contributed by atoms with Crippen molar-refractivity contribution in [2.75, 3.05) is 26.4 Å². The van der Waals surface area contributed by atoms with Crippen LogP contribution in [0.2, 0.25) is 0 Å². The fourth-order valence-electron chi connectivity index (χ4n) is 1.37. The van der Waals surface area contributed by atoms with Gasteiger partial charge in [0.05, 0.1) is 6.61 Å². The molecule has 1 heterocycles. The highest BCUT2D eigenvalue weighted by Gasteiger charge is 2.11. The molecule has 15 heavy (non-hydrogen) atoms. The topological polar surface area (TPSA) is 47.9 Å². The summed E-state index contributed by atoms with van der Waals surface area (Å²) in [4.78, 5) is 0. The van der Waals surface area contributed by atoms with Crippen LogP contribution in [0.25, 0.3) is 0 Å². The van der Waals surface area contributed by atoms with Gasteiger partial charge in [-0.15, -0.1) is 0 Å². The summed E-state index contributed by atoms with van der Waals surface area (Å²) in [6.45, 7) is 1.82. The molecule has 1 aromatic rings. The first-order chi connectivity index (χ1) is 7.40. The number of hydrogen-bond acceptors (Lipinski definition) is 4. The Kier molecular flexibility index (Phi) is 3.29. The quantitative estimate of drug-likeness (QED) is 0.759. The van der Waals surface area contributed by atoms with E-state index in [0.29, 0.717) is 26.2 Å². The fraction of sp³-hybridized carbons (Fsp3) is 0.455. The first-order valence-corrected chi connectivity index (χ1v) is 5.03. The molecule has 1 aromatic carbocycles. The number of aliphatic hydroxyl groups is 1. The summed E-state index contributed by atoms with van der Waals surface area (Å²) < 4.78 is 16.2. The van der Waals surface area contributed by atoms with E-state index in [1.807, 2.05) is 18.2 Å². The molecule has 82 valence electrons. The minimum Gasteiger partial charge on any atom is -0.493 e. The van der Waals surface area contributed by atoms with Crippen LogP contribution in [0, 0.1) is 0 Å². The molecule has 1 N–H and O–H groups in total. The molecule has 0 aromatic heterocycles. The predicted octanol–water partition coefficient (Wildman–Crippen LogP) is 1.22. The van der Waals surface area contributed by atoms with Gasteiger partial charge < -0.3 is 19.3 Å². The summed E-state index contributed by atoms with van der Waals surface area (Å²) in [5.74, 6) is 2.23. The van der Waals surface area contributed by atoms with Crippen molar-refractivity contribution in [2.24, 2.45) is 0 Å². The van der Waals surface area contributed by atoms with E-state index in [1.54, 1.807) is 0 Å². The molecule has 2 rings (SSSR count). The van der Waals surface area contributed by atoms with Crippen LogP contribution in [-0.2, 0) is 0 Å². The van der Waals surface area contributed by atoms with E-state index < -0.39 is 0 Å². The van der Waals surface area contributed by atoms with Gasteiger partial charge in [0.2, 0.25) is 0 Å². The number of aliphatic hydroxyl groups excluding tert-OH is 1. The molecule has 0 aliphatic carbocycles. The zero-order chi connectivity index (χ0) is 10.5. The third-order valence-electron chi connectivity index (χ3n) is 2.08. The Bertz CT molecular complexity index is 324. The molecule has 0 saturated heterocycles. The van der Waals surface area contributed by atoms with Crippen LogP contribution in [0.4, 0.5) is 0 Å². The van der Waals surface area contributed by atoms with Crippen LogP contribution in [0.1, 0.15) is 6.42 Å². The second-order valence-corrected chi connectivity index (χ2v) is 3.23. The third-order valence-corrected chi connectivity index (χ3v) is 2.08. The smallest absolute Gasteiger partial charge is 0.165 e. The van der Waals surface area contributed by atoms with Gasteiger partial charge in [0, 0.05) is 19.1 Å². The molecular weight excluding hydrogens is 196 g/mol. The predicted molar refractivity (Wildman–Crippen MR) is 54.6 cm³/mol. The van der Waals surface area contributed by atoms with Crippen molar-refractivity contribution >= 4 is 0 Å². The largest absolute Gasteiger partial charge is 0.493 e. The molecule has 0 fully saturated rings. The van der Waals surface area contributed by atoms with Crippen molar-refractivity contribution in [3.8, 4) is 17.2 Å². The second kappa shape index (κ2) is 4.89. The van der Waals surface area contributed by atoms with Crippen molar-refractivity contribution in [1.82, 2.24) is 0 Å². The van der Waals surface area contributed by atoms with E-state index >= 15 is 0 Å². The van der Waals surface area contributed by atoms with Gasteiger partial charge in [0.15, 0.2) is 11.5 Å². The van der Waals surface area contributed by atoms with E-state index in [-0.39, 0.29) is 6.61 Å². The Morgan fingerprint density at radius 2 is 2.00 bits per heavy atom. The van der Waals surface area contributed by atoms with E-state index in [4.69, 9.17) is 19.3 Å². The van der Waals surface area contributed by atoms with Crippen LogP contribution in [-0.4, -0.2) is 31.5 Å². The van der Waals surface area contributed by atoms with E-state index in [9.17, 15) is 0 Å². The number of fused-ring (bicyclic) bond motifs is 1. The number of hydrogen-bond donors (Lipinski definition) is 1. The number of rotatable bonds is 4. The normalized spacial score (nSPS) is 13.7. The van der Waals surface area contributed by atoms with E-state index in [1.165, 1.54) is 0 Å². The van der Waals surface area contributed by atoms with Crippen molar-refractivity contribution in [3.05, 3.63) is 18.2 Å². The van der Waals surface area contributed by atoms with Crippen molar-refractivity contribution in [2.45, 2.75) is 6.42 Å². The molecule has 0 saturated carbocycles. The molecule has 0 radical (unpaired) electrons. The van der Waals surface area contributed by atoms with Gasteiger partial charge in [-0.1, -0.05) is 0 Å². The molecule has 4 heteroatoms. The van der Waals surface area contributed by atoms with Gasteiger partial charge in [0.1, 0.15) is 19.0 Å². The van der Waals surface area contributed by atoms with Gasteiger partial charge in [0.25, 0.3) is 0 Å². The lowest BCUT2D eigenvalue weighted by Gasteiger charge is -2.18. The van der Waals surface area contributed by atoms with E-state index in [0.717, 1.165) is 17.2 Å². The fourth-order valence-corrected chi connectivity index (χ4v) is 1.37. The zero-order valence-electron chi connectivity index (χ0n) is 8.44. The summed E-state index contributed by atoms with van der Waals surface area (Å²) in [5.41, 5.74) is 0. The van der Waals surface area contributed by atoms with E-state index in [2.05, 4.69) is 0 Å². The summed E-state index contributed by atoms with van der Waals surface area (Å²) in [6, 6.07) is 5.49. The zero-order valence-corrected chi connectivity index (χ0v) is 8.44. The Labute approximate surface area is 88.4 Å². The van der Waals surface area contributed by atoms with Crippen LogP contribution >= 0.6 is 0 Å². The van der Waals surface area contributed by atoms with Gasteiger partial charge in [-0.2, -0.15) is 0 Å². The van der Waals surface area contributed by atoms with Crippen molar-refractivity contribution in [1.29, 1.82) is 0 Å². The summed E-state index contributed by atoms with van der Waals surface area (Å²) in [6.07, 6.45) is 0.633. The Balaban J connectivity index is 2.00. The third kappa shape index (κ3) is 2.53. The molecule has 4 nitrogen and oxygen atoms in total. The van der Waals surface area contributed by atoms with Crippen molar-refractivity contribution in [3.63, 3.8) is 0 Å². The molecule has 1 aliphatic rings. The average Bonchev–Trinajstić information content (AvgIpc) is 2.29. The highest BCUT2D eigenvalue weighted by molar-refractivity contribution is 5.46. The lowest BCUT2D eigenvalue weighted by molar-refractivity contribution is 0.170. The monoisotopic (exact) mass is 210 g/mol. The highest BCUT2D eigenvalue weighted by atomic mass is 16.6. The number of ether oxygens (including phenoxy) is 3. The number of benzene rings is 1. The first kappa shape index (κ1) is 10.1. The first-order valence-electron chi connectivity index (χ1n) is 5.03. The summed E-state index contributed by atoms with van der Waals surface area (Å²) in [5, 5.41) is 8.61. The van der Waals surface area contributed by atoms with Gasteiger partial charge >= 0.3 is 0 Å². The van der Waals surface area contributed by atoms with Gasteiger partial charge in [-0.3, -0.25) is 0 Å². The van der Waals surface area contributed by atoms with Crippen LogP contribution < -0.4 is 14.2 Å². The maximum atomic E-state index is 8.61. The molecule has 0 bridgehead atoms. The average molecular weight is 210 g/mol. The SMILES string of the molecule is OCCCOc1ccc2c(c1)OCCO2. The molecule has 0 atom stereocenters. The van der Waals surface area contributed by atoms with Crippen LogP contribution in [0.5, 0.6) is 17.2 Å². The van der Waals surface area contributed by atoms with Gasteiger partial charge in [-0.25, -0.2) is 0 Å². The second-order valence-electron chi connectivity index (χ2n) is 3.23. The molecule has 0 unspecified atom stereocenters. The van der Waals surface area contributed by atoms with Crippen LogP contribution in [0.3, 0.4) is 0 Å². The molecule has 0 amide bonds. The molecular formula is C11H14O4. The van der Waals surface area contributed by atoms with Crippen molar-refractivity contribution < 1.29 is 19.3 Å². The minimum atomic E-state index is 0.143. The highest BCUT2D eigenvalue weighted by Crippen LogP contribution is 2.33. The minimum absolute atomic E-state index is 0.143.